The quantitative estimate of drug-likeness (QED) is 0.878. The number of rotatable bonds is 5. The Morgan fingerprint density at radius 3 is 2.81 bits per heavy atom. The van der Waals surface area contributed by atoms with Gasteiger partial charge in [-0.2, -0.15) is 5.10 Å². The molecule has 27 heavy (non-hydrogen) atoms. The van der Waals surface area contributed by atoms with Crippen molar-refractivity contribution in [2.45, 2.75) is 59.0 Å². The van der Waals surface area contributed by atoms with Gasteiger partial charge in [-0.15, -0.1) is 0 Å². The fraction of sp³-hybridized carbons (Fsp3) is 0.571. The predicted molar refractivity (Wildman–Crippen MR) is 108 cm³/mol. The Hall–Kier alpha value is -2.21. The van der Waals surface area contributed by atoms with Gasteiger partial charge >= 0.3 is 0 Å². The first kappa shape index (κ1) is 19.5. The summed E-state index contributed by atoms with van der Waals surface area (Å²) in [7, 11) is 0. The van der Waals surface area contributed by atoms with Crippen molar-refractivity contribution >= 4 is 16.7 Å². The smallest absolute Gasteiger partial charge is 0.275 e. The van der Waals surface area contributed by atoms with Gasteiger partial charge in [-0.1, -0.05) is 32.4 Å². The van der Waals surface area contributed by atoms with Crippen molar-refractivity contribution in [3.8, 4) is 0 Å². The van der Waals surface area contributed by atoms with Gasteiger partial charge in [0.2, 0.25) is 5.91 Å². The van der Waals surface area contributed by atoms with Crippen molar-refractivity contribution in [3.63, 3.8) is 0 Å². The van der Waals surface area contributed by atoms with Crippen LogP contribution in [0.25, 0.3) is 10.8 Å². The Kier molecular flexibility index (Phi) is 5.95. The summed E-state index contributed by atoms with van der Waals surface area (Å²) in [4.78, 5) is 27.8. The second-order valence-electron chi connectivity index (χ2n) is 7.85. The Morgan fingerprint density at radius 1 is 1.33 bits per heavy atom. The highest BCUT2D eigenvalue weighted by Gasteiger charge is 2.21. The van der Waals surface area contributed by atoms with Crippen LogP contribution in [0.3, 0.4) is 0 Å². The molecular weight excluding hydrogens is 340 g/mol. The number of hydrogen-bond donors (Lipinski definition) is 1. The maximum atomic E-state index is 12.9. The van der Waals surface area contributed by atoms with E-state index < -0.39 is 0 Å². The van der Waals surface area contributed by atoms with Gasteiger partial charge in [0.25, 0.3) is 5.56 Å². The Morgan fingerprint density at radius 2 is 2.11 bits per heavy atom. The highest BCUT2D eigenvalue weighted by molar-refractivity contribution is 5.85. The summed E-state index contributed by atoms with van der Waals surface area (Å²) in [5.41, 5.74) is 1.75. The lowest BCUT2D eigenvalue weighted by molar-refractivity contribution is -0.123. The van der Waals surface area contributed by atoms with Crippen molar-refractivity contribution in [2.75, 3.05) is 19.6 Å². The molecule has 0 unspecified atom stereocenters. The predicted octanol–water partition coefficient (Wildman–Crippen LogP) is 2.43. The van der Waals surface area contributed by atoms with Crippen LogP contribution in [0.15, 0.2) is 23.0 Å². The highest BCUT2D eigenvalue weighted by Crippen LogP contribution is 2.22. The number of carbonyl (C=O) groups excluding carboxylic acids is 1. The molecule has 0 radical (unpaired) electrons. The molecule has 1 saturated heterocycles. The van der Waals surface area contributed by atoms with Crippen LogP contribution in [0.4, 0.5) is 0 Å². The van der Waals surface area contributed by atoms with Crippen molar-refractivity contribution in [2.24, 2.45) is 0 Å². The molecule has 2 aromatic rings. The molecule has 1 atom stereocenters. The molecule has 0 bridgehead atoms. The molecule has 1 aromatic heterocycles. The van der Waals surface area contributed by atoms with Gasteiger partial charge < -0.3 is 10.2 Å². The van der Waals surface area contributed by atoms with E-state index in [1.54, 1.807) is 0 Å². The molecule has 0 aliphatic carbocycles. The number of amides is 1. The first-order chi connectivity index (χ1) is 12.9. The minimum absolute atomic E-state index is 0.0367. The van der Waals surface area contributed by atoms with E-state index in [-0.39, 0.29) is 30.0 Å². The summed E-state index contributed by atoms with van der Waals surface area (Å²) in [5, 5.41) is 9.14. The molecule has 3 rings (SSSR count). The number of piperidine rings is 1. The second-order valence-corrected chi connectivity index (χ2v) is 7.85. The average Bonchev–Trinajstić information content (AvgIpc) is 2.63. The lowest BCUT2D eigenvalue weighted by atomic mass is 10.0. The van der Waals surface area contributed by atoms with Gasteiger partial charge in [0.05, 0.1) is 11.1 Å². The number of likely N-dealkylation sites (tertiary alicyclic amines) is 1. The summed E-state index contributed by atoms with van der Waals surface area (Å²) in [6.07, 6.45) is 2.07. The molecule has 1 amide bonds. The third-order valence-electron chi connectivity index (χ3n) is 5.30. The number of nitrogens with one attached hydrogen (secondary N) is 1. The monoisotopic (exact) mass is 370 g/mol. The van der Waals surface area contributed by atoms with Crippen LogP contribution in [0, 0.1) is 6.92 Å². The Labute approximate surface area is 160 Å². The average molecular weight is 370 g/mol. The zero-order valence-corrected chi connectivity index (χ0v) is 16.8. The summed E-state index contributed by atoms with van der Waals surface area (Å²) in [6, 6.07) is 5.93. The molecule has 0 saturated carbocycles. The minimum Gasteiger partial charge on any atom is -0.350 e. The molecule has 1 aliphatic rings. The van der Waals surface area contributed by atoms with Crippen molar-refractivity contribution in [3.05, 3.63) is 39.8 Å². The third kappa shape index (κ3) is 4.38. The van der Waals surface area contributed by atoms with Crippen molar-refractivity contribution < 1.29 is 4.79 Å². The molecule has 1 aromatic carbocycles. The first-order valence-corrected chi connectivity index (χ1v) is 9.92. The number of benzene rings is 1. The lowest BCUT2D eigenvalue weighted by Gasteiger charge is -2.32. The van der Waals surface area contributed by atoms with E-state index in [1.165, 1.54) is 4.68 Å². The van der Waals surface area contributed by atoms with Crippen LogP contribution in [0.5, 0.6) is 0 Å². The normalized spacial score (nSPS) is 18.2. The van der Waals surface area contributed by atoms with Crippen LogP contribution < -0.4 is 10.9 Å². The van der Waals surface area contributed by atoms with E-state index in [9.17, 15) is 9.59 Å². The SMILES string of the molecule is CCN1CCC[C@H](NC(=O)Cn2nc(C(C)C)c3cc(C)ccc3c2=O)C1. The number of nitrogens with zero attached hydrogens (tertiary/aromatic N) is 3. The number of hydrogen-bond acceptors (Lipinski definition) is 4. The number of fused-ring (bicyclic) bond motifs is 1. The van der Waals surface area contributed by atoms with E-state index in [2.05, 4.69) is 36.1 Å². The van der Waals surface area contributed by atoms with Crippen LogP contribution in [-0.4, -0.2) is 46.3 Å². The second kappa shape index (κ2) is 8.21. The molecule has 6 heteroatoms. The standard InChI is InChI=1S/C21H30N4O2/c1-5-24-10-6-7-16(12-24)22-19(26)13-25-21(27)17-9-8-15(4)11-18(17)20(23-25)14(2)3/h8-9,11,14,16H,5-7,10,12-13H2,1-4H3,(H,22,26)/t16-/m0/s1. The van der Waals surface area contributed by atoms with E-state index in [4.69, 9.17) is 0 Å². The summed E-state index contributed by atoms with van der Waals surface area (Å²) in [5.74, 6) is 0.0226. The molecule has 0 spiro atoms. The molecular formula is C21H30N4O2. The van der Waals surface area contributed by atoms with Gasteiger partial charge in [0.15, 0.2) is 0 Å². The third-order valence-corrected chi connectivity index (χ3v) is 5.30. The fourth-order valence-electron chi connectivity index (χ4n) is 3.83. The summed E-state index contributed by atoms with van der Waals surface area (Å²) >= 11 is 0. The van der Waals surface area contributed by atoms with E-state index in [0.29, 0.717) is 5.39 Å². The molecule has 1 N–H and O–H groups in total. The molecule has 1 aliphatic heterocycles. The van der Waals surface area contributed by atoms with Crippen molar-refractivity contribution in [1.29, 1.82) is 0 Å². The largest absolute Gasteiger partial charge is 0.350 e. The van der Waals surface area contributed by atoms with Gasteiger partial charge in [-0.25, -0.2) is 4.68 Å². The molecule has 6 nitrogen and oxygen atoms in total. The zero-order chi connectivity index (χ0) is 19.6. The summed E-state index contributed by atoms with van der Waals surface area (Å²) < 4.78 is 1.32. The van der Waals surface area contributed by atoms with E-state index >= 15 is 0 Å². The summed E-state index contributed by atoms with van der Waals surface area (Å²) in [6.45, 7) is 11.2. The zero-order valence-electron chi connectivity index (χ0n) is 16.8. The molecule has 2 heterocycles. The van der Waals surface area contributed by atoms with Crippen LogP contribution in [0.2, 0.25) is 0 Å². The highest BCUT2D eigenvalue weighted by atomic mass is 16.2. The van der Waals surface area contributed by atoms with E-state index in [1.807, 2.05) is 25.1 Å². The van der Waals surface area contributed by atoms with Gasteiger partial charge in [0, 0.05) is 18.0 Å². The minimum atomic E-state index is -0.205. The van der Waals surface area contributed by atoms with Gasteiger partial charge in [-0.3, -0.25) is 9.59 Å². The molecule has 146 valence electrons. The van der Waals surface area contributed by atoms with Gasteiger partial charge in [0.1, 0.15) is 6.54 Å². The van der Waals surface area contributed by atoms with E-state index in [0.717, 1.165) is 49.1 Å². The Balaban J connectivity index is 1.84. The number of aromatic nitrogens is 2. The molecule has 1 fully saturated rings. The number of likely N-dealkylation sites (N-methyl/N-ethyl adjacent to an activating group) is 1. The number of aryl methyl sites for hydroxylation is 1. The van der Waals surface area contributed by atoms with Gasteiger partial charge in [-0.05, 0) is 50.9 Å². The maximum Gasteiger partial charge on any atom is 0.275 e. The lowest BCUT2D eigenvalue weighted by Crippen LogP contribution is -2.48. The van der Waals surface area contributed by atoms with Crippen LogP contribution in [-0.2, 0) is 11.3 Å². The number of carbonyl (C=O) groups is 1. The first-order valence-electron chi connectivity index (χ1n) is 9.92. The topological polar surface area (TPSA) is 67.2 Å². The maximum absolute atomic E-state index is 12.9. The van der Waals surface area contributed by atoms with Crippen LogP contribution in [0.1, 0.15) is 50.8 Å². The van der Waals surface area contributed by atoms with Crippen LogP contribution >= 0.6 is 0 Å². The Bertz CT molecular complexity index is 888. The van der Waals surface area contributed by atoms with Crippen molar-refractivity contribution in [1.82, 2.24) is 20.0 Å². The fourth-order valence-corrected chi connectivity index (χ4v) is 3.83.